The molecule has 5 heteroatoms. The first-order valence-electron chi connectivity index (χ1n) is 9.65. The van der Waals surface area contributed by atoms with Gasteiger partial charge in [-0.25, -0.2) is 4.79 Å². The van der Waals surface area contributed by atoms with E-state index in [1.165, 1.54) is 6.92 Å². The molecule has 0 radical (unpaired) electrons. The minimum atomic E-state index is -0.966. The highest BCUT2D eigenvalue weighted by atomic mass is 16.5. The van der Waals surface area contributed by atoms with Crippen LogP contribution in [0.25, 0.3) is 10.9 Å². The second-order valence-electron chi connectivity index (χ2n) is 8.16. The van der Waals surface area contributed by atoms with E-state index < -0.39 is 18.0 Å². The lowest BCUT2D eigenvalue weighted by Gasteiger charge is -2.37. The summed E-state index contributed by atoms with van der Waals surface area (Å²) in [6.45, 7) is 8.27. The fourth-order valence-corrected chi connectivity index (χ4v) is 3.85. The summed E-state index contributed by atoms with van der Waals surface area (Å²) < 4.78 is 5.38. The quantitative estimate of drug-likeness (QED) is 0.814. The van der Waals surface area contributed by atoms with Crippen molar-refractivity contribution in [3.05, 3.63) is 41.1 Å². The highest BCUT2D eigenvalue weighted by Crippen LogP contribution is 2.41. The molecule has 0 fully saturated rings. The maximum Gasteiger partial charge on any atom is 0.339 e. The number of hydrogen-bond acceptors (Lipinski definition) is 4. The van der Waals surface area contributed by atoms with Crippen LogP contribution in [-0.4, -0.2) is 23.0 Å². The van der Waals surface area contributed by atoms with E-state index in [2.05, 4.69) is 20.8 Å². The Hall–Kier alpha value is -2.43. The van der Waals surface area contributed by atoms with E-state index in [0.29, 0.717) is 11.5 Å². The zero-order chi connectivity index (χ0) is 19.8. The first-order valence-corrected chi connectivity index (χ1v) is 9.65. The molecule has 0 saturated carbocycles. The van der Waals surface area contributed by atoms with Crippen LogP contribution in [0, 0.1) is 11.3 Å². The lowest BCUT2D eigenvalue weighted by atomic mass is 9.68. The highest BCUT2D eigenvalue weighted by Gasteiger charge is 2.35. The minimum Gasteiger partial charge on any atom is -0.449 e. The van der Waals surface area contributed by atoms with Gasteiger partial charge in [0.15, 0.2) is 6.10 Å². The number of benzene rings is 1. The van der Waals surface area contributed by atoms with Gasteiger partial charge in [-0.15, -0.1) is 0 Å². The standard InChI is InChI=1S/C22H28N2O3/c1-5-22(3,4)14-10-11-18-16(12-14)19(21(26)27-13(2)20(23)25)15-8-6-7-9-17(15)24-18/h6-9,13-14H,5,10-12H2,1-4H3,(H2,23,25)/t13-,14-/m1/s1. The third kappa shape index (κ3) is 3.68. The monoisotopic (exact) mass is 368 g/mol. The van der Waals surface area contributed by atoms with Gasteiger partial charge in [0.25, 0.3) is 5.91 Å². The van der Waals surface area contributed by atoms with Gasteiger partial charge in [-0.2, -0.15) is 0 Å². The Morgan fingerprint density at radius 2 is 2.04 bits per heavy atom. The number of aromatic nitrogens is 1. The van der Waals surface area contributed by atoms with Crippen LogP contribution in [0.4, 0.5) is 0 Å². The number of pyridine rings is 1. The summed E-state index contributed by atoms with van der Waals surface area (Å²) in [6, 6.07) is 7.60. The molecule has 1 aromatic carbocycles. The Labute approximate surface area is 160 Å². The Kier molecular flexibility index (Phi) is 5.22. The van der Waals surface area contributed by atoms with Gasteiger partial charge in [0, 0.05) is 11.1 Å². The Bertz CT molecular complexity index is 889. The van der Waals surface area contributed by atoms with Gasteiger partial charge in [-0.3, -0.25) is 9.78 Å². The topological polar surface area (TPSA) is 82.3 Å². The third-order valence-electron chi connectivity index (χ3n) is 6.16. The summed E-state index contributed by atoms with van der Waals surface area (Å²) in [4.78, 5) is 29.2. The second-order valence-corrected chi connectivity index (χ2v) is 8.16. The van der Waals surface area contributed by atoms with Crippen molar-refractivity contribution in [3.8, 4) is 0 Å². The summed E-state index contributed by atoms with van der Waals surface area (Å²) in [5.41, 5.74) is 8.72. The van der Waals surface area contributed by atoms with Crippen LogP contribution in [0.15, 0.2) is 24.3 Å². The number of carbonyl (C=O) groups excluding carboxylic acids is 2. The highest BCUT2D eigenvalue weighted by molar-refractivity contribution is 6.05. The SMILES string of the molecule is CCC(C)(C)[C@@H]1CCc2nc3ccccc3c(C(=O)O[C@H](C)C(N)=O)c2C1. The molecule has 5 nitrogen and oxygen atoms in total. The van der Waals surface area contributed by atoms with E-state index in [9.17, 15) is 9.59 Å². The average Bonchev–Trinajstić information content (AvgIpc) is 2.65. The van der Waals surface area contributed by atoms with Crippen LogP contribution < -0.4 is 5.73 Å². The molecule has 1 aliphatic carbocycles. The number of esters is 1. The van der Waals surface area contributed by atoms with Crippen molar-refractivity contribution in [2.75, 3.05) is 0 Å². The van der Waals surface area contributed by atoms with E-state index in [1.54, 1.807) is 0 Å². The molecule has 0 aliphatic heterocycles. The summed E-state index contributed by atoms with van der Waals surface area (Å²) >= 11 is 0. The first-order chi connectivity index (χ1) is 12.7. The average molecular weight is 368 g/mol. The van der Waals surface area contributed by atoms with E-state index in [1.807, 2.05) is 24.3 Å². The van der Waals surface area contributed by atoms with Crippen molar-refractivity contribution in [1.82, 2.24) is 4.98 Å². The number of primary amides is 1. The number of hydrogen-bond donors (Lipinski definition) is 1. The van der Waals surface area contributed by atoms with Crippen LogP contribution in [0.1, 0.15) is 62.2 Å². The Balaban J connectivity index is 2.11. The summed E-state index contributed by atoms with van der Waals surface area (Å²) in [6.07, 6.45) is 2.81. The number of carbonyl (C=O) groups is 2. The Morgan fingerprint density at radius 3 is 2.70 bits per heavy atom. The molecular formula is C22H28N2O3. The molecule has 144 valence electrons. The lowest BCUT2D eigenvalue weighted by molar-refractivity contribution is -0.125. The molecule has 1 heterocycles. The smallest absolute Gasteiger partial charge is 0.339 e. The molecule has 0 bridgehead atoms. The number of fused-ring (bicyclic) bond motifs is 2. The normalized spacial score (nSPS) is 18.0. The van der Waals surface area contributed by atoms with Gasteiger partial charge in [-0.05, 0) is 49.1 Å². The molecule has 2 atom stereocenters. The number of rotatable bonds is 5. The number of nitrogens with zero attached hydrogens (tertiary/aromatic N) is 1. The minimum absolute atomic E-state index is 0.186. The second kappa shape index (κ2) is 7.29. The van der Waals surface area contributed by atoms with Crippen molar-refractivity contribution >= 4 is 22.8 Å². The van der Waals surface area contributed by atoms with E-state index >= 15 is 0 Å². The van der Waals surface area contributed by atoms with Gasteiger partial charge in [0.2, 0.25) is 0 Å². The van der Waals surface area contributed by atoms with Gasteiger partial charge in [-0.1, -0.05) is 45.4 Å². The van der Waals surface area contributed by atoms with E-state index in [0.717, 1.165) is 47.8 Å². The van der Waals surface area contributed by atoms with Crippen molar-refractivity contribution in [1.29, 1.82) is 0 Å². The van der Waals surface area contributed by atoms with Gasteiger partial charge in [0.05, 0.1) is 11.1 Å². The molecular weight excluding hydrogens is 340 g/mol. The molecule has 27 heavy (non-hydrogen) atoms. The molecule has 1 aromatic heterocycles. The molecule has 1 aliphatic rings. The van der Waals surface area contributed by atoms with Crippen molar-refractivity contribution < 1.29 is 14.3 Å². The van der Waals surface area contributed by atoms with Gasteiger partial charge < -0.3 is 10.5 Å². The van der Waals surface area contributed by atoms with Gasteiger partial charge in [0.1, 0.15) is 0 Å². The maximum absolute atomic E-state index is 13.0. The fourth-order valence-electron chi connectivity index (χ4n) is 3.85. The number of ether oxygens (including phenoxy) is 1. The number of nitrogens with two attached hydrogens (primary N) is 1. The lowest BCUT2D eigenvalue weighted by Crippen LogP contribution is -2.33. The molecule has 1 amide bonds. The molecule has 0 saturated heterocycles. The van der Waals surface area contributed by atoms with Crippen LogP contribution in [0.3, 0.4) is 0 Å². The largest absolute Gasteiger partial charge is 0.449 e. The van der Waals surface area contributed by atoms with Crippen LogP contribution >= 0.6 is 0 Å². The summed E-state index contributed by atoms with van der Waals surface area (Å²) in [5.74, 6) is -0.676. The van der Waals surface area contributed by atoms with Crippen molar-refractivity contribution in [3.63, 3.8) is 0 Å². The van der Waals surface area contributed by atoms with Crippen molar-refractivity contribution in [2.45, 2.75) is 59.5 Å². The maximum atomic E-state index is 13.0. The van der Waals surface area contributed by atoms with Crippen LogP contribution in [0.5, 0.6) is 0 Å². The molecule has 2 N–H and O–H groups in total. The predicted octanol–water partition coefficient (Wildman–Crippen LogP) is 3.81. The predicted molar refractivity (Wildman–Crippen MR) is 105 cm³/mol. The molecule has 2 aromatic rings. The van der Waals surface area contributed by atoms with E-state index in [-0.39, 0.29) is 5.41 Å². The molecule has 0 unspecified atom stereocenters. The third-order valence-corrected chi connectivity index (χ3v) is 6.16. The zero-order valence-corrected chi connectivity index (χ0v) is 16.5. The van der Waals surface area contributed by atoms with Crippen molar-refractivity contribution in [2.24, 2.45) is 17.1 Å². The fraction of sp³-hybridized carbons (Fsp3) is 0.500. The number of aryl methyl sites for hydroxylation is 1. The zero-order valence-electron chi connectivity index (χ0n) is 16.5. The molecule has 0 spiro atoms. The van der Waals surface area contributed by atoms with Crippen LogP contribution in [0.2, 0.25) is 0 Å². The van der Waals surface area contributed by atoms with Crippen LogP contribution in [-0.2, 0) is 22.4 Å². The first kappa shape index (κ1) is 19.3. The van der Waals surface area contributed by atoms with Gasteiger partial charge >= 0.3 is 5.97 Å². The summed E-state index contributed by atoms with van der Waals surface area (Å²) in [7, 11) is 0. The molecule has 3 rings (SSSR count). The summed E-state index contributed by atoms with van der Waals surface area (Å²) in [5, 5.41) is 0.771. The Morgan fingerprint density at radius 1 is 1.33 bits per heavy atom. The number of para-hydroxylation sites is 1. The van der Waals surface area contributed by atoms with E-state index in [4.69, 9.17) is 15.5 Å². The number of amides is 1.